The highest BCUT2D eigenvalue weighted by Crippen LogP contribution is 2.32. The van der Waals surface area contributed by atoms with Gasteiger partial charge in [0.05, 0.1) is 10.5 Å². The lowest BCUT2D eigenvalue weighted by molar-refractivity contribution is -0.384. The Morgan fingerprint density at radius 2 is 1.85 bits per heavy atom. The third kappa shape index (κ3) is 3.26. The molecule has 110 valence electrons. The van der Waals surface area contributed by atoms with Crippen LogP contribution in [0.4, 0.5) is 11.4 Å². The van der Waals surface area contributed by atoms with E-state index in [2.05, 4.69) is 5.32 Å². The third-order valence-corrected chi connectivity index (χ3v) is 3.87. The van der Waals surface area contributed by atoms with Crippen LogP contribution < -0.4 is 5.32 Å². The molecule has 0 spiro atoms. The molecule has 6 nitrogen and oxygen atoms in total. The van der Waals surface area contributed by atoms with Crippen LogP contribution in [-0.4, -0.2) is 21.5 Å². The number of anilines is 1. The first-order valence-electron chi connectivity index (χ1n) is 6.69. The van der Waals surface area contributed by atoms with Gasteiger partial charge in [0.15, 0.2) is 0 Å². The third-order valence-electron chi connectivity index (χ3n) is 3.87. The zero-order chi connectivity index (χ0) is 15.3. The van der Waals surface area contributed by atoms with Crippen molar-refractivity contribution in [1.29, 1.82) is 0 Å². The predicted octanol–water partition coefficient (Wildman–Crippen LogP) is 3.67. The summed E-state index contributed by atoms with van der Waals surface area (Å²) in [5.41, 5.74) is -0.136. The minimum absolute atomic E-state index is 0.0858. The highest BCUT2D eigenvalue weighted by atomic mass is 16.6. The summed E-state index contributed by atoms with van der Waals surface area (Å²) >= 11 is 0. The van der Waals surface area contributed by atoms with E-state index >= 15 is 0 Å². The summed E-state index contributed by atoms with van der Waals surface area (Å²) in [6.45, 7) is 6.08. The van der Waals surface area contributed by atoms with Crippen LogP contribution in [-0.2, 0) is 0 Å². The molecule has 1 rings (SSSR count). The average Bonchev–Trinajstić information content (AvgIpc) is 2.44. The number of hydrogen-bond acceptors (Lipinski definition) is 4. The normalized spacial score (nSPS) is 11.2. The van der Waals surface area contributed by atoms with E-state index in [1.807, 2.05) is 20.8 Å². The summed E-state index contributed by atoms with van der Waals surface area (Å²) in [6.07, 6.45) is 2.49. The van der Waals surface area contributed by atoms with Crippen molar-refractivity contribution >= 4 is 17.3 Å². The Kier molecular flexibility index (Phi) is 5.07. The fourth-order valence-electron chi connectivity index (χ4n) is 2.22. The largest absolute Gasteiger partial charge is 0.478 e. The van der Waals surface area contributed by atoms with Crippen molar-refractivity contribution in [3.05, 3.63) is 33.9 Å². The molecule has 1 aromatic rings. The summed E-state index contributed by atoms with van der Waals surface area (Å²) in [7, 11) is 0. The van der Waals surface area contributed by atoms with Gasteiger partial charge in [-0.25, -0.2) is 4.79 Å². The SMILES string of the molecule is CCC(CC)(CC)Nc1ccc(C(=O)O)cc1[N+](=O)[O-]. The van der Waals surface area contributed by atoms with E-state index in [9.17, 15) is 14.9 Å². The van der Waals surface area contributed by atoms with E-state index < -0.39 is 10.9 Å². The van der Waals surface area contributed by atoms with Crippen molar-refractivity contribution < 1.29 is 14.8 Å². The molecule has 20 heavy (non-hydrogen) atoms. The van der Waals surface area contributed by atoms with Crippen LogP contribution >= 0.6 is 0 Å². The highest BCUT2D eigenvalue weighted by molar-refractivity contribution is 5.89. The summed E-state index contributed by atoms with van der Waals surface area (Å²) in [5, 5.41) is 23.3. The maximum atomic E-state index is 11.1. The van der Waals surface area contributed by atoms with Crippen molar-refractivity contribution in [3.8, 4) is 0 Å². The molecule has 0 saturated carbocycles. The van der Waals surface area contributed by atoms with Gasteiger partial charge in [-0.3, -0.25) is 10.1 Å². The van der Waals surface area contributed by atoms with Gasteiger partial charge in [-0.2, -0.15) is 0 Å². The van der Waals surface area contributed by atoms with Gasteiger partial charge in [0, 0.05) is 11.6 Å². The summed E-state index contributed by atoms with van der Waals surface area (Å²) in [6, 6.07) is 3.94. The molecule has 2 N–H and O–H groups in total. The molecule has 6 heteroatoms. The fourth-order valence-corrected chi connectivity index (χ4v) is 2.22. The molecular weight excluding hydrogens is 260 g/mol. The van der Waals surface area contributed by atoms with E-state index in [1.54, 1.807) is 0 Å². The van der Waals surface area contributed by atoms with E-state index in [0.29, 0.717) is 5.69 Å². The van der Waals surface area contributed by atoms with Crippen LogP contribution in [0.3, 0.4) is 0 Å². The summed E-state index contributed by atoms with van der Waals surface area (Å²) in [4.78, 5) is 21.5. The van der Waals surface area contributed by atoms with Gasteiger partial charge in [0.1, 0.15) is 5.69 Å². The second kappa shape index (κ2) is 6.36. The number of hydrogen-bond donors (Lipinski definition) is 2. The molecule has 0 aromatic heterocycles. The van der Waals surface area contributed by atoms with Crippen LogP contribution in [0.15, 0.2) is 18.2 Å². The van der Waals surface area contributed by atoms with Crippen LogP contribution in [0.1, 0.15) is 50.4 Å². The zero-order valence-electron chi connectivity index (χ0n) is 12.0. The highest BCUT2D eigenvalue weighted by Gasteiger charge is 2.27. The molecule has 0 fully saturated rings. The van der Waals surface area contributed by atoms with Gasteiger partial charge in [-0.05, 0) is 31.4 Å². The monoisotopic (exact) mass is 280 g/mol. The number of carboxylic acids is 1. The minimum Gasteiger partial charge on any atom is -0.478 e. The Bertz CT molecular complexity index is 502. The molecule has 0 aliphatic carbocycles. The first-order chi connectivity index (χ1) is 9.39. The summed E-state index contributed by atoms with van der Waals surface area (Å²) in [5.74, 6) is -1.17. The maximum Gasteiger partial charge on any atom is 0.335 e. The number of benzene rings is 1. The number of nitrogens with one attached hydrogen (secondary N) is 1. The zero-order valence-corrected chi connectivity index (χ0v) is 12.0. The number of aromatic carboxylic acids is 1. The minimum atomic E-state index is -1.17. The van der Waals surface area contributed by atoms with Gasteiger partial charge in [0.2, 0.25) is 0 Å². The van der Waals surface area contributed by atoms with Crippen molar-refractivity contribution in [2.75, 3.05) is 5.32 Å². The fraction of sp³-hybridized carbons (Fsp3) is 0.500. The van der Waals surface area contributed by atoms with E-state index in [1.165, 1.54) is 12.1 Å². The molecule has 0 amide bonds. The second-order valence-electron chi connectivity index (χ2n) is 4.76. The molecule has 1 aromatic carbocycles. The number of rotatable bonds is 7. The number of carboxylic acid groups (broad SMARTS) is 1. The Labute approximate surface area is 118 Å². The van der Waals surface area contributed by atoms with Crippen LogP contribution in [0, 0.1) is 10.1 Å². The lowest BCUT2D eigenvalue weighted by atomic mass is 9.89. The Hall–Kier alpha value is -2.11. The molecule has 0 aliphatic rings. The molecule has 0 unspecified atom stereocenters. The second-order valence-corrected chi connectivity index (χ2v) is 4.76. The first kappa shape index (κ1) is 15.9. The van der Waals surface area contributed by atoms with Crippen LogP contribution in [0.5, 0.6) is 0 Å². The maximum absolute atomic E-state index is 11.1. The Morgan fingerprint density at radius 1 is 1.30 bits per heavy atom. The van der Waals surface area contributed by atoms with E-state index in [-0.39, 0.29) is 16.8 Å². The van der Waals surface area contributed by atoms with Crippen LogP contribution in [0.25, 0.3) is 0 Å². The number of nitrogens with zero attached hydrogens (tertiary/aromatic N) is 1. The van der Waals surface area contributed by atoms with Crippen molar-refractivity contribution in [3.63, 3.8) is 0 Å². The topological polar surface area (TPSA) is 92.5 Å². The number of nitro benzene ring substituents is 1. The Balaban J connectivity index is 3.24. The predicted molar refractivity (Wildman–Crippen MR) is 77.3 cm³/mol. The van der Waals surface area contributed by atoms with Gasteiger partial charge in [-0.1, -0.05) is 20.8 Å². The van der Waals surface area contributed by atoms with Crippen molar-refractivity contribution in [2.24, 2.45) is 0 Å². The standard InChI is InChI=1S/C14H20N2O4/c1-4-14(5-2,6-3)15-11-8-7-10(13(17)18)9-12(11)16(19)20/h7-9,15H,4-6H2,1-3H3,(H,17,18). The van der Waals surface area contributed by atoms with Gasteiger partial charge >= 0.3 is 5.97 Å². The molecule has 0 radical (unpaired) electrons. The summed E-state index contributed by atoms with van der Waals surface area (Å²) < 4.78 is 0. The van der Waals surface area contributed by atoms with Gasteiger partial charge in [0.25, 0.3) is 5.69 Å². The number of carbonyl (C=O) groups is 1. The smallest absolute Gasteiger partial charge is 0.335 e. The molecule has 0 atom stereocenters. The Morgan fingerprint density at radius 3 is 2.25 bits per heavy atom. The lowest BCUT2D eigenvalue weighted by Gasteiger charge is -2.32. The molecule has 0 bridgehead atoms. The molecular formula is C14H20N2O4. The van der Waals surface area contributed by atoms with Crippen LogP contribution in [0.2, 0.25) is 0 Å². The van der Waals surface area contributed by atoms with Crippen molar-refractivity contribution in [2.45, 2.75) is 45.6 Å². The van der Waals surface area contributed by atoms with Gasteiger partial charge < -0.3 is 10.4 Å². The van der Waals surface area contributed by atoms with Gasteiger partial charge in [-0.15, -0.1) is 0 Å². The quantitative estimate of drug-likeness (QED) is 0.587. The average molecular weight is 280 g/mol. The first-order valence-corrected chi connectivity index (χ1v) is 6.69. The number of nitro groups is 1. The molecule has 0 saturated heterocycles. The lowest BCUT2D eigenvalue weighted by Crippen LogP contribution is -2.36. The molecule has 0 heterocycles. The van der Waals surface area contributed by atoms with Crippen molar-refractivity contribution in [1.82, 2.24) is 0 Å². The molecule has 0 aliphatic heterocycles. The van der Waals surface area contributed by atoms with E-state index in [0.717, 1.165) is 25.3 Å². The van der Waals surface area contributed by atoms with E-state index in [4.69, 9.17) is 5.11 Å².